The molecule has 1 aliphatic rings. The Morgan fingerprint density at radius 1 is 1.47 bits per heavy atom. The Bertz CT molecular complexity index is 294. The van der Waals surface area contributed by atoms with E-state index in [1.807, 2.05) is 4.90 Å². The predicted octanol–water partition coefficient (Wildman–Crippen LogP) is -1.09. The highest BCUT2D eigenvalue weighted by molar-refractivity contribution is 5.83. The number of hydrogen-bond acceptors (Lipinski definition) is 5. The molecule has 0 aromatic heterocycles. The molecule has 1 aliphatic heterocycles. The minimum atomic E-state index is -0.393. The normalized spacial score (nSPS) is 22.9. The summed E-state index contributed by atoms with van der Waals surface area (Å²) in [6.45, 7) is 3.78. The van der Waals surface area contributed by atoms with Crippen molar-refractivity contribution in [1.29, 1.82) is 0 Å². The van der Waals surface area contributed by atoms with Crippen LogP contribution in [0.2, 0.25) is 0 Å². The van der Waals surface area contributed by atoms with Gasteiger partial charge in [0.1, 0.15) is 12.1 Å². The fourth-order valence-corrected chi connectivity index (χ4v) is 2.02. The lowest BCUT2D eigenvalue weighted by Crippen LogP contribution is -2.61. The molecule has 0 bridgehead atoms. The maximum absolute atomic E-state index is 12.0. The standard InChI is InChI=1S/C11H21N3O3/c1-8(11(16)17-4)14-6-5-12-7-9(14)10(15)13(2)3/h8-9,12H,5-7H2,1-4H3. The number of piperazine rings is 1. The van der Waals surface area contributed by atoms with Crippen LogP contribution in [-0.4, -0.2) is 74.6 Å². The van der Waals surface area contributed by atoms with Crippen LogP contribution in [-0.2, 0) is 14.3 Å². The Kier molecular flexibility index (Phi) is 4.89. The summed E-state index contributed by atoms with van der Waals surface area (Å²) in [6.07, 6.45) is 0. The van der Waals surface area contributed by atoms with Crippen LogP contribution < -0.4 is 5.32 Å². The molecule has 1 rings (SSSR count). The first-order valence-corrected chi connectivity index (χ1v) is 5.74. The number of carbonyl (C=O) groups is 2. The highest BCUT2D eigenvalue weighted by Gasteiger charge is 2.35. The number of ether oxygens (including phenoxy) is 1. The molecule has 1 heterocycles. The van der Waals surface area contributed by atoms with Crippen LogP contribution in [0.1, 0.15) is 6.92 Å². The number of rotatable bonds is 3. The first kappa shape index (κ1) is 13.9. The van der Waals surface area contributed by atoms with Crippen LogP contribution in [0, 0.1) is 0 Å². The van der Waals surface area contributed by atoms with Crippen molar-refractivity contribution in [2.45, 2.75) is 19.0 Å². The van der Waals surface area contributed by atoms with Crippen LogP contribution in [0.5, 0.6) is 0 Å². The van der Waals surface area contributed by atoms with Gasteiger partial charge >= 0.3 is 5.97 Å². The summed E-state index contributed by atoms with van der Waals surface area (Å²) < 4.78 is 4.73. The third kappa shape index (κ3) is 3.17. The average molecular weight is 243 g/mol. The molecule has 1 N–H and O–H groups in total. The lowest BCUT2D eigenvalue weighted by molar-refractivity contribution is -0.150. The number of methoxy groups -OCH3 is 1. The molecule has 0 saturated carbocycles. The van der Waals surface area contributed by atoms with Gasteiger partial charge in [0.2, 0.25) is 5.91 Å². The van der Waals surface area contributed by atoms with Gasteiger partial charge in [0.25, 0.3) is 0 Å². The Morgan fingerprint density at radius 2 is 2.12 bits per heavy atom. The van der Waals surface area contributed by atoms with E-state index in [4.69, 9.17) is 4.74 Å². The van der Waals surface area contributed by atoms with Crippen molar-refractivity contribution < 1.29 is 14.3 Å². The van der Waals surface area contributed by atoms with E-state index in [2.05, 4.69) is 5.32 Å². The van der Waals surface area contributed by atoms with Crippen molar-refractivity contribution in [2.75, 3.05) is 40.8 Å². The summed E-state index contributed by atoms with van der Waals surface area (Å²) in [5.41, 5.74) is 0. The van der Waals surface area contributed by atoms with Crippen LogP contribution in [0.3, 0.4) is 0 Å². The van der Waals surface area contributed by atoms with E-state index in [0.29, 0.717) is 13.1 Å². The smallest absolute Gasteiger partial charge is 0.322 e. The monoisotopic (exact) mass is 243 g/mol. The second-order valence-electron chi connectivity index (χ2n) is 4.39. The molecule has 0 aromatic carbocycles. The predicted molar refractivity (Wildman–Crippen MR) is 63.5 cm³/mol. The van der Waals surface area contributed by atoms with Crippen molar-refractivity contribution in [1.82, 2.24) is 15.1 Å². The lowest BCUT2D eigenvalue weighted by Gasteiger charge is -2.38. The summed E-state index contributed by atoms with van der Waals surface area (Å²) >= 11 is 0. The Hall–Kier alpha value is -1.14. The number of nitrogens with one attached hydrogen (secondary N) is 1. The molecule has 2 atom stereocenters. The molecule has 0 spiro atoms. The third-order valence-electron chi connectivity index (χ3n) is 3.05. The Balaban J connectivity index is 2.79. The van der Waals surface area contributed by atoms with E-state index >= 15 is 0 Å². The second kappa shape index (κ2) is 5.97. The summed E-state index contributed by atoms with van der Waals surface area (Å²) in [6, 6.07) is -0.691. The van der Waals surface area contributed by atoms with Crippen LogP contribution in [0.25, 0.3) is 0 Å². The topological polar surface area (TPSA) is 61.9 Å². The zero-order chi connectivity index (χ0) is 13.0. The SMILES string of the molecule is COC(=O)C(C)N1CCNCC1C(=O)N(C)C. The van der Waals surface area contributed by atoms with Gasteiger partial charge in [0.05, 0.1) is 7.11 Å². The van der Waals surface area contributed by atoms with Gasteiger partial charge in [0.15, 0.2) is 0 Å². The maximum Gasteiger partial charge on any atom is 0.322 e. The van der Waals surface area contributed by atoms with Crippen LogP contribution >= 0.6 is 0 Å². The van der Waals surface area contributed by atoms with Crippen molar-refractivity contribution in [3.8, 4) is 0 Å². The minimum Gasteiger partial charge on any atom is -0.468 e. The fourth-order valence-electron chi connectivity index (χ4n) is 2.02. The Labute approximate surface area is 102 Å². The summed E-state index contributed by atoms with van der Waals surface area (Å²) in [5.74, 6) is -0.295. The second-order valence-corrected chi connectivity index (χ2v) is 4.39. The molecule has 0 radical (unpaired) electrons. The van der Waals surface area contributed by atoms with Crippen molar-refractivity contribution in [2.24, 2.45) is 0 Å². The Morgan fingerprint density at radius 3 is 2.65 bits per heavy atom. The summed E-state index contributed by atoms with van der Waals surface area (Å²) in [5, 5.41) is 3.17. The van der Waals surface area contributed by atoms with Gasteiger partial charge in [0, 0.05) is 33.7 Å². The highest BCUT2D eigenvalue weighted by Crippen LogP contribution is 2.11. The fraction of sp³-hybridized carbons (Fsp3) is 0.818. The van der Waals surface area contributed by atoms with E-state index in [9.17, 15) is 9.59 Å². The van der Waals surface area contributed by atoms with E-state index in [1.165, 1.54) is 7.11 Å². The molecular weight excluding hydrogens is 222 g/mol. The van der Waals surface area contributed by atoms with Crippen molar-refractivity contribution >= 4 is 11.9 Å². The first-order chi connectivity index (χ1) is 7.99. The summed E-state index contributed by atoms with van der Waals surface area (Å²) in [7, 11) is 4.81. The van der Waals surface area contributed by atoms with Gasteiger partial charge in [-0.1, -0.05) is 0 Å². The number of hydrogen-bond donors (Lipinski definition) is 1. The zero-order valence-electron chi connectivity index (χ0n) is 10.9. The molecule has 17 heavy (non-hydrogen) atoms. The largest absolute Gasteiger partial charge is 0.468 e. The third-order valence-corrected chi connectivity index (χ3v) is 3.05. The van der Waals surface area contributed by atoms with Gasteiger partial charge in [-0.15, -0.1) is 0 Å². The van der Waals surface area contributed by atoms with E-state index < -0.39 is 6.04 Å². The van der Waals surface area contributed by atoms with E-state index in [0.717, 1.165) is 6.54 Å². The number of amides is 1. The molecule has 1 fully saturated rings. The number of carbonyl (C=O) groups excluding carboxylic acids is 2. The van der Waals surface area contributed by atoms with E-state index in [-0.39, 0.29) is 17.9 Å². The number of esters is 1. The molecular formula is C11H21N3O3. The van der Waals surface area contributed by atoms with Gasteiger partial charge in [-0.2, -0.15) is 0 Å². The first-order valence-electron chi connectivity index (χ1n) is 5.74. The highest BCUT2D eigenvalue weighted by atomic mass is 16.5. The zero-order valence-corrected chi connectivity index (χ0v) is 10.9. The minimum absolute atomic E-state index is 0.00736. The quantitative estimate of drug-likeness (QED) is 0.638. The molecule has 2 unspecified atom stereocenters. The van der Waals surface area contributed by atoms with Crippen molar-refractivity contribution in [3.05, 3.63) is 0 Å². The molecule has 1 saturated heterocycles. The van der Waals surface area contributed by atoms with E-state index in [1.54, 1.807) is 25.9 Å². The maximum atomic E-state index is 12.0. The van der Waals surface area contributed by atoms with Gasteiger partial charge < -0.3 is 15.0 Å². The summed E-state index contributed by atoms with van der Waals surface area (Å²) in [4.78, 5) is 27.0. The van der Waals surface area contributed by atoms with Gasteiger partial charge in [-0.25, -0.2) is 0 Å². The average Bonchev–Trinajstić information content (AvgIpc) is 2.35. The van der Waals surface area contributed by atoms with Crippen LogP contribution in [0.15, 0.2) is 0 Å². The molecule has 6 heteroatoms. The lowest BCUT2D eigenvalue weighted by atomic mass is 10.1. The number of likely N-dealkylation sites (N-methyl/N-ethyl adjacent to an activating group) is 1. The van der Waals surface area contributed by atoms with Crippen molar-refractivity contribution in [3.63, 3.8) is 0 Å². The molecule has 6 nitrogen and oxygen atoms in total. The van der Waals surface area contributed by atoms with Gasteiger partial charge in [-0.3, -0.25) is 14.5 Å². The number of nitrogens with zero attached hydrogens (tertiary/aromatic N) is 2. The molecule has 0 aliphatic carbocycles. The molecule has 98 valence electrons. The van der Waals surface area contributed by atoms with Gasteiger partial charge in [-0.05, 0) is 6.92 Å². The molecule has 1 amide bonds. The molecule has 0 aromatic rings. The van der Waals surface area contributed by atoms with Crippen LogP contribution in [0.4, 0.5) is 0 Å².